The number of aliphatic hydroxyl groups excluding tert-OH is 2. The molecule has 5 aliphatic carbocycles. The van der Waals surface area contributed by atoms with Crippen molar-refractivity contribution in [2.75, 3.05) is 0 Å². The van der Waals surface area contributed by atoms with E-state index in [1.165, 1.54) is 44.9 Å². The Kier molecular flexibility index (Phi) is 4.87. The van der Waals surface area contributed by atoms with E-state index in [0.29, 0.717) is 22.7 Å². The highest BCUT2D eigenvalue weighted by Gasteiger charge is 2.69. The van der Waals surface area contributed by atoms with Crippen molar-refractivity contribution in [3.63, 3.8) is 0 Å². The summed E-state index contributed by atoms with van der Waals surface area (Å²) in [6, 6.07) is 0. The fourth-order valence-corrected chi connectivity index (χ4v) is 10.6. The topological polar surface area (TPSA) is 40.5 Å². The third-order valence-corrected chi connectivity index (χ3v) is 13.0. The van der Waals surface area contributed by atoms with Crippen LogP contribution < -0.4 is 0 Å². The van der Waals surface area contributed by atoms with Gasteiger partial charge in [0.25, 0.3) is 0 Å². The first-order valence-corrected chi connectivity index (χ1v) is 13.7. The average Bonchev–Trinajstić information content (AvgIpc) is 2.68. The van der Waals surface area contributed by atoms with E-state index in [1.807, 2.05) is 0 Å². The maximum absolute atomic E-state index is 11.9. The first kappa shape index (κ1) is 23.4. The predicted octanol–water partition coefficient (Wildman–Crippen LogP) is 7.14. The van der Waals surface area contributed by atoms with Crippen molar-refractivity contribution >= 4 is 0 Å². The van der Waals surface area contributed by atoms with Gasteiger partial charge in [0.15, 0.2) is 0 Å². The van der Waals surface area contributed by atoms with Crippen LogP contribution in [0.25, 0.3) is 0 Å². The van der Waals surface area contributed by atoms with Crippen LogP contribution in [0.4, 0.5) is 0 Å². The van der Waals surface area contributed by atoms with Crippen LogP contribution in [0, 0.1) is 50.2 Å². The summed E-state index contributed by atoms with van der Waals surface area (Å²) in [5.74, 6) is 1.38. The lowest BCUT2D eigenvalue weighted by Gasteiger charge is -2.72. The van der Waals surface area contributed by atoms with Crippen LogP contribution in [0.2, 0.25) is 0 Å². The molecule has 0 spiro atoms. The molecule has 0 amide bonds. The van der Waals surface area contributed by atoms with E-state index in [-0.39, 0.29) is 39.8 Å². The van der Waals surface area contributed by atoms with Crippen molar-refractivity contribution in [2.45, 2.75) is 125 Å². The number of hydrogen-bond acceptors (Lipinski definition) is 2. The van der Waals surface area contributed by atoms with Crippen LogP contribution in [0.5, 0.6) is 0 Å². The Morgan fingerprint density at radius 3 is 2.12 bits per heavy atom. The Hall–Kier alpha value is -0.340. The van der Waals surface area contributed by atoms with Crippen LogP contribution >= 0.6 is 0 Å². The first-order chi connectivity index (χ1) is 14.6. The standard InChI is InChI=1S/C30H50O2/c1-25(2)13-14-27(5)15-16-29(7)19(20(27)18-25)17-21(31)24-28(6)11-10-23(32)26(3,4)22(28)9-12-30(24,29)8/h17,20-24,31-32H,9-16,18H2,1-8H3/t20-,21-,22+,23+,24-,27-,28+,29-,30-/m1/s1. The average molecular weight is 443 g/mol. The molecule has 32 heavy (non-hydrogen) atoms. The van der Waals surface area contributed by atoms with E-state index in [4.69, 9.17) is 0 Å². The second-order valence-corrected chi connectivity index (χ2v) is 15.4. The van der Waals surface area contributed by atoms with Gasteiger partial charge in [0.2, 0.25) is 0 Å². The summed E-state index contributed by atoms with van der Waals surface area (Å²) in [5.41, 5.74) is 2.76. The fraction of sp³-hybridized carbons (Fsp3) is 0.933. The van der Waals surface area contributed by atoms with E-state index in [0.717, 1.165) is 12.8 Å². The van der Waals surface area contributed by atoms with Gasteiger partial charge in [-0.05, 0) is 102 Å². The van der Waals surface area contributed by atoms with E-state index in [9.17, 15) is 10.2 Å². The number of allylic oxidation sites excluding steroid dienone is 1. The van der Waals surface area contributed by atoms with Crippen molar-refractivity contribution in [3.05, 3.63) is 11.6 Å². The number of aliphatic hydroxyl groups is 2. The molecule has 4 saturated carbocycles. The summed E-state index contributed by atoms with van der Waals surface area (Å²) >= 11 is 0. The molecule has 5 rings (SSSR count). The molecule has 0 radical (unpaired) electrons. The fourth-order valence-electron chi connectivity index (χ4n) is 10.6. The van der Waals surface area contributed by atoms with Gasteiger partial charge in [-0.15, -0.1) is 0 Å². The van der Waals surface area contributed by atoms with Gasteiger partial charge in [0.05, 0.1) is 12.2 Å². The van der Waals surface area contributed by atoms with Gasteiger partial charge in [0, 0.05) is 5.92 Å². The summed E-state index contributed by atoms with van der Waals surface area (Å²) < 4.78 is 0. The summed E-state index contributed by atoms with van der Waals surface area (Å²) in [7, 11) is 0. The smallest absolute Gasteiger partial charge is 0.0762 e. The lowest BCUT2D eigenvalue weighted by molar-refractivity contribution is -0.224. The minimum Gasteiger partial charge on any atom is -0.393 e. The zero-order valence-corrected chi connectivity index (χ0v) is 22.2. The van der Waals surface area contributed by atoms with E-state index in [1.54, 1.807) is 5.57 Å². The molecule has 0 aromatic carbocycles. The Balaban J connectivity index is 1.62. The molecule has 0 bridgehead atoms. The normalized spacial score (nSPS) is 56.2. The SMILES string of the molecule is CC1(C)CC[C@]2(C)CC[C@]3(C)C(=C[C@@H](O)[C@@H]4[C@@]5(C)CC[C@H](O)C(C)(C)[C@@H]5CC[C@]43C)[C@H]2C1. The molecule has 0 aromatic heterocycles. The van der Waals surface area contributed by atoms with Crippen molar-refractivity contribution in [3.8, 4) is 0 Å². The monoisotopic (exact) mass is 442 g/mol. The highest BCUT2D eigenvalue weighted by molar-refractivity contribution is 5.35. The van der Waals surface area contributed by atoms with E-state index in [2.05, 4.69) is 61.5 Å². The zero-order chi connectivity index (χ0) is 23.5. The largest absolute Gasteiger partial charge is 0.393 e. The van der Waals surface area contributed by atoms with Crippen LogP contribution in [-0.2, 0) is 0 Å². The molecule has 2 N–H and O–H groups in total. The molecule has 2 heteroatoms. The minimum atomic E-state index is -0.352. The highest BCUT2D eigenvalue weighted by Crippen LogP contribution is 2.75. The molecule has 4 fully saturated rings. The lowest BCUT2D eigenvalue weighted by Crippen LogP contribution is -2.67. The maximum Gasteiger partial charge on any atom is 0.0762 e. The predicted molar refractivity (Wildman–Crippen MR) is 132 cm³/mol. The summed E-state index contributed by atoms with van der Waals surface area (Å²) in [6.07, 6.45) is 12.7. The highest BCUT2D eigenvalue weighted by atomic mass is 16.3. The van der Waals surface area contributed by atoms with Crippen LogP contribution in [0.3, 0.4) is 0 Å². The Bertz CT molecular complexity index is 825. The molecule has 0 unspecified atom stereocenters. The van der Waals surface area contributed by atoms with Gasteiger partial charge in [-0.2, -0.15) is 0 Å². The van der Waals surface area contributed by atoms with Crippen LogP contribution in [0.1, 0.15) is 113 Å². The first-order valence-electron chi connectivity index (χ1n) is 13.7. The Morgan fingerprint density at radius 2 is 1.44 bits per heavy atom. The molecule has 0 saturated heterocycles. The Morgan fingerprint density at radius 1 is 0.781 bits per heavy atom. The molecule has 0 aliphatic heterocycles. The number of hydrogen-bond donors (Lipinski definition) is 2. The molecule has 0 aromatic rings. The maximum atomic E-state index is 11.9. The van der Waals surface area contributed by atoms with Crippen molar-refractivity contribution < 1.29 is 10.2 Å². The lowest BCUT2D eigenvalue weighted by atomic mass is 9.33. The van der Waals surface area contributed by atoms with Crippen LogP contribution in [0.15, 0.2) is 11.6 Å². The minimum absolute atomic E-state index is 0.0719. The van der Waals surface area contributed by atoms with Gasteiger partial charge >= 0.3 is 0 Å². The molecular formula is C30H50O2. The van der Waals surface area contributed by atoms with Gasteiger partial charge in [-0.25, -0.2) is 0 Å². The number of rotatable bonds is 0. The van der Waals surface area contributed by atoms with Gasteiger partial charge in [0.1, 0.15) is 0 Å². The summed E-state index contributed by atoms with van der Waals surface area (Å²) in [5, 5.41) is 22.8. The van der Waals surface area contributed by atoms with Gasteiger partial charge in [-0.1, -0.05) is 67.0 Å². The van der Waals surface area contributed by atoms with Gasteiger partial charge in [-0.3, -0.25) is 0 Å². The number of fused-ring (bicyclic) bond motifs is 7. The second-order valence-electron chi connectivity index (χ2n) is 15.4. The second kappa shape index (κ2) is 6.66. The quantitative estimate of drug-likeness (QED) is 0.391. The van der Waals surface area contributed by atoms with Gasteiger partial charge < -0.3 is 10.2 Å². The molecule has 5 aliphatic rings. The van der Waals surface area contributed by atoms with E-state index >= 15 is 0 Å². The van der Waals surface area contributed by atoms with E-state index < -0.39 is 0 Å². The Labute approximate surface area is 197 Å². The van der Waals surface area contributed by atoms with Crippen molar-refractivity contribution in [1.82, 2.24) is 0 Å². The molecule has 0 heterocycles. The zero-order valence-electron chi connectivity index (χ0n) is 22.2. The van der Waals surface area contributed by atoms with Crippen molar-refractivity contribution in [1.29, 1.82) is 0 Å². The van der Waals surface area contributed by atoms with Crippen molar-refractivity contribution in [2.24, 2.45) is 50.2 Å². The summed E-state index contributed by atoms with van der Waals surface area (Å²) in [4.78, 5) is 0. The molecular weight excluding hydrogens is 392 g/mol. The van der Waals surface area contributed by atoms with Crippen LogP contribution in [-0.4, -0.2) is 22.4 Å². The third kappa shape index (κ3) is 2.78. The molecule has 182 valence electrons. The molecule has 9 atom stereocenters. The summed E-state index contributed by atoms with van der Waals surface area (Å²) in [6.45, 7) is 19.7. The third-order valence-electron chi connectivity index (χ3n) is 13.0. The molecule has 2 nitrogen and oxygen atoms in total.